The zero-order valence-corrected chi connectivity index (χ0v) is 14.2. The normalized spacial score (nSPS) is 12.6. The molecule has 1 aromatic heterocycles. The van der Waals surface area contributed by atoms with Gasteiger partial charge >= 0.3 is 6.18 Å². The summed E-state index contributed by atoms with van der Waals surface area (Å²) in [5.41, 5.74) is -0.212. The molecule has 146 valence electrons. The van der Waals surface area contributed by atoms with Crippen molar-refractivity contribution in [1.82, 2.24) is 14.8 Å². The number of amides is 1. The van der Waals surface area contributed by atoms with Gasteiger partial charge in [-0.3, -0.25) is 4.79 Å². The van der Waals surface area contributed by atoms with Crippen molar-refractivity contribution in [3.8, 4) is 0 Å². The van der Waals surface area contributed by atoms with Crippen molar-refractivity contribution in [2.45, 2.75) is 18.8 Å². The second kappa shape index (κ2) is 7.77. The van der Waals surface area contributed by atoms with E-state index in [1.165, 1.54) is 35.3 Å². The molecule has 0 fully saturated rings. The molecule has 2 aromatic carbocycles. The predicted molar refractivity (Wildman–Crippen MR) is 90.8 cm³/mol. The zero-order valence-electron chi connectivity index (χ0n) is 14.2. The van der Waals surface area contributed by atoms with Crippen LogP contribution in [0.5, 0.6) is 0 Å². The Morgan fingerprint density at radius 1 is 1.11 bits per heavy atom. The van der Waals surface area contributed by atoms with E-state index >= 15 is 0 Å². The van der Waals surface area contributed by atoms with Crippen molar-refractivity contribution in [2.24, 2.45) is 0 Å². The van der Waals surface area contributed by atoms with Gasteiger partial charge in [-0.05, 0) is 42.0 Å². The maximum Gasteiger partial charge on any atom is 0.416 e. The van der Waals surface area contributed by atoms with Gasteiger partial charge in [0.25, 0.3) is 5.91 Å². The standard InChI is InChI=1S/C18H14F4N4O2/c19-13-5-1-11(2-6-13)15(27)9-26-10-23-16(25-26)17(28)24-14-7-3-12(4-8-14)18(20,21)22/h1-8,10,15,27H,9H2,(H,24,28)/t15-/m1/s1. The molecule has 0 saturated carbocycles. The van der Waals surface area contributed by atoms with Crippen molar-refractivity contribution in [3.05, 3.63) is 77.6 Å². The molecule has 1 atom stereocenters. The van der Waals surface area contributed by atoms with E-state index in [0.29, 0.717) is 5.56 Å². The van der Waals surface area contributed by atoms with Gasteiger partial charge in [0.05, 0.1) is 18.2 Å². The van der Waals surface area contributed by atoms with Gasteiger partial charge in [-0.2, -0.15) is 13.2 Å². The van der Waals surface area contributed by atoms with Crippen LogP contribution in [0.3, 0.4) is 0 Å². The molecule has 0 saturated heterocycles. The lowest BCUT2D eigenvalue weighted by Gasteiger charge is -2.10. The van der Waals surface area contributed by atoms with Crippen molar-refractivity contribution in [3.63, 3.8) is 0 Å². The van der Waals surface area contributed by atoms with Gasteiger partial charge in [0.2, 0.25) is 5.82 Å². The lowest BCUT2D eigenvalue weighted by Crippen LogP contribution is -2.15. The number of alkyl halides is 3. The first-order valence-electron chi connectivity index (χ1n) is 8.04. The Kier molecular flexibility index (Phi) is 5.41. The van der Waals surface area contributed by atoms with E-state index < -0.39 is 29.6 Å². The third kappa shape index (κ3) is 4.71. The third-order valence-electron chi connectivity index (χ3n) is 3.82. The second-order valence-corrected chi connectivity index (χ2v) is 5.89. The molecule has 6 nitrogen and oxygen atoms in total. The number of nitrogens with zero attached hydrogens (tertiary/aromatic N) is 3. The average molecular weight is 394 g/mol. The van der Waals surface area contributed by atoms with E-state index in [0.717, 1.165) is 24.3 Å². The molecule has 0 bridgehead atoms. The number of carbonyl (C=O) groups is 1. The fraction of sp³-hybridized carbons (Fsp3) is 0.167. The van der Waals surface area contributed by atoms with Crippen molar-refractivity contribution < 1.29 is 27.5 Å². The molecule has 0 aliphatic heterocycles. The molecule has 28 heavy (non-hydrogen) atoms. The van der Waals surface area contributed by atoms with E-state index in [1.807, 2.05) is 0 Å². The van der Waals surface area contributed by atoms with Gasteiger partial charge in [0, 0.05) is 5.69 Å². The number of nitrogens with one attached hydrogen (secondary N) is 1. The maximum absolute atomic E-state index is 12.9. The van der Waals surface area contributed by atoms with E-state index in [-0.39, 0.29) is 18.1 Å². The molecule has 3 aromatic rings. The minimum absolute atomic E-state index is 0.0216. The van der Waals surface area contributed by atoms with E-state index in [9.17, 15) is 27.5 Å². The molecule has 3 rings (SSSR count). The third-order valence-corrected chi connectivity index (χ3v) is 3.82. The summed E-state index contributed by atoms with van der Waals surface area (Å²) in [6, 6.07) is 9.21. The first kappa shape index (κ1) is 19.5. The molecule has 10 heteroatoms. The number of anilines is 1. The Bertz CT molecular complexity index is 953. The summed E-state index contributed by atoms with van der Waals surface area (Å²) in [6.45, 7) is -0.0216. The number of halogens is 4. The fourth-order valence-corrected chi connectivity index (χ4v) is 2.38. The number of hydrogen-bond donors (Lipinski definition) is 2. The molecular weight excluding hydrogens is 380 g/mol. The van der Waals surface area contributed by atoms with E-state index in [2.05, 4.69) is 15.4 Å². The number of rotatable bonds is 5. The Labute approximate surface area is 156 Å². The summed E-state index contributed by atoms with van der Waals surface area (Å²) in [5.74, 6) is -1.36. The quantitative estimate of drug-likeness (QED) is 0.650. The fourth-order valence-electron chi connectivity index (χ4n) is 2.38. The van der Waals surface area contributed by atoms with Crippen molar-refractivity contribution in [2.75, 3.05) is 5.32 Å². The summed E-state index contributed by atoms with van der Waals surface area (Å²) in [5, 5.41) is 16.5. The molecular formula is C18H14F4N4O2. The molecule has 0 unspecified atom stereocenters. The van der Waals surface area contributed by atoms with Crippen LogP contribution in [-0.2, 0) is 12.7 Å². The van der Waals surface area contributed by atoms with Crippen LogP contribution < -0.4 is 5.32 Å². The topological polar surface area (TPSA) is 80.0 Å². The zero-order chi connectivity index (χ0) is 20.3. The van der Waals surface area contributed by atoms with Gasteiger partial charge in [0.15, 0.2) is 0 Å². The van der Waals surface area contributed by atoms with Gasteiger partial charge in [-0.15, -0.1) is 5.10 Å². The van der Waals surface area contributed by atoms with Gasteiger partial charge in [0.1, 0.15) is 12.1 Å². The Balaban J connectivity index is 1.63. The maximum atomic E-state index is 12.9. The van der Waals surface area contributed by atoms with Crippen LogP contribution in [0.25, 0.3) is 0 Å². The first-order chi connectivity index (χ1) is 13.2. The lowest BCUT2D eigenvalue weighted by molar-refractivity contribution is -0.137. The van der Waals surface area contributed by atoms with E-state index in [1.54, 1.807) is 0 Å². The minimum atomic E-state index is -4.46. The number of carbonyl (C=O) groups excluding carboxylic acids is 1. The van der Waals surface area contributed by atoms with Crippen LogP contribution in [-0.4, -0.2) is 25.8 Å². The Morgan fingerprint density at radius 2 is 1.75 bits per heavy atom. The number of hydrogen-bond acceptors (Lipinski definition) is 4. The summed E-state index contributed by atoms with van der Waals surface area (Å²) < 4.78 is 51.8. The molecule has 0 spiro atoms. The molecule has 2 N–H and O–H groups in total. The summed E-state index contributed by atoms with van der Waals surface area (Å²) in [4.78, 5) is 15.9. The predicted octanol–water partition coefficient (Wildman–Crippen LogP) is 3.42. The van der Waals surface area contributed by atoms with Crippen molar-refractivity contribution in [1.29, 1.82) is 0 Å². The highest BCUT2D eigenvalue weighted by Crippen LogP contribution is 2.29. The smallest absolute Gasteiger partial charge is 0.386 e. The first-order valence-corrected chi connectivity index (χ1v) is 8.04. The monoisotopic (exact) mass is 394 g/mol. The molecule has 0 aliphatic carbocycles. The van der Waals surface area contributed by atoms with Crippen LogP contribution in [0.15, 0.2) is 54.9 Å². The molecule has 0 radical (unpaired) electrons. The second-order valence-electron chi connectivity index (χ2n) is 5.89. The van der Waals surface area contributed by atoms with Crippen LogP contribution in [0.2, 0.25) is 0 Å². The van der Waals surface area contributed by atoms with Gasteiger partial charge in [-0.1, -0.05) is 12.1 Å². The van der Waals surface area contributed by atoms with Gasteiger partial charge in [-0.25, -0.2) is 14.1 Å². The number of aliphatic hydroxyl groups is 1. The summed E-state index contributed by atoms with van der Waals surface area (Å²) >= 11 is 0. The largest absolute Gasteiger partial charge is 0.416 e. The van der Waals surface area contributed by atoms with Crippen LogP contribution in [0.4, 0.5) is 23.2 Å². The lowest BCUT2D eigenvalue weighted by atomic mass is 10.1. The Morgan fingerprint density at radius 3 is 2.36 bits per heavy atom. The number of aromatic nitrogens is 3. The van der Waals surface area contributed by atoms with Gasteiger partial charge < -0.3 is 10.4 Å². The van der Waals surface area contributed by atoms with Crippen LogP contribution in [0, 0.1) is 5.82 Å². The molecule has 0 aliphatic rings. The highest BCUT2D eigenvalue weighted by atomic mass is 19.4. The van der Waals surface area contributed by atoms with Crippen LogP contribution >= 0.6 is 0 Å². The summed E-state index contributed by atoms with van der Waals surface area (Å²) in [7, 11) is 0. The number of benzene rings is 2. The SMILES string of the molecule is O=C(Nc1ccc(C(F)(F)F)cc1)c1ncn(C[C@@H](O)c2ccc(F)cc2)n1. The van der Waals surface area contributed by atoms with E-state index in [4.69, 9.17) is 0 Å². The molecule has 1 amide bonds. The highest BCUT2D eigenvalue weighted by molar-refractivity contribution is 6.01. The van der Waals surface area contributed by atoms with Crippen LogP contribution in [0.1, 0.15) is 27.8 Å². The highest BCUT2D eigenvalue weighted by Gasteiger charge is 2.30. The molecule has 1 heterocycles. The average Bonchev–Trinajstić information content (AvgIpc) is 3.10. The number of aliphatic hydroxyl groups excluding tert-OH is 1. The minimum Gasteiger partial charge on any atom is -0.386 e. The summed E-state index contributed by atoms with van der Waals surface area (Å²) in [6.07, 6.45) is -4.23. The Hall–Kier alpha value is -3.27. The van der Waals surface area contributed by atoms with Crippen molar-refractivity contribution >= 4 is 11.6 Å².